The standard InChI is InChI=1S/C15H18N2O4S/c1-10-4-9-14(21-10)11(2)17-15(18)12-5-7-13(8-6-12)22(19,20)16-3/h4-9,11,16H,1-3H3,(H,17,18). The quantitative estimate of drug-likeness (QED) is 0.881. The number of furan rings is 1. The van der Waals surface area contributed by atoms with Gasteiger partial charge in [0.2, 0.25) is 10.0 Å². The van der Waals surface area contributed by atoms with Crippen LogP contribution < -0.4 is 10.0 Å². The topological polar surface area (TPSA) is 88.4 Å². The maximum Gasteiger partial charge on any atom is 0.251 e. The molecule has 0 saturated carbocycles. The second-order valence-corrected chi connectivity index (χ2v) is 6.76. The van der Waals surface area contributed by atoms with Crippen LogP contribution in [0.1, 0.15) is 34.8 Å². The van der Waals surface area contributed by atoms with E-state index in [-0.39, 0.29) is 16.8 Å². The molecule has 118 valence electrons. The van der Waals surface area contributed by atoms with Crippen molar-refractivity contribution in [1.82, 2.24) is 10.0 Å². The van der Waals surface area contributed by atoms with Crippen LogP contribution in [0.3, 0.4) is 0 Å². The molecule has 2 aromatic rings. The monoisotopic (exact) mass is 322 g/mol. The number of aryl methyl sites for hydroxylation is 1. The molecule has 1 atom stereocenters. The summed E-state index contributed by atoms with van der Waals surface area (Å²) in [5.74, 6) is 1.15. The fourth-order valence-electron chi connectivity index (χ4n) is 1.94. The molecule has 2 N–H and O–H groups in total. The van der Waals surface area contributed by atoms with Crippen LogP contribution in [0.2, 0.25) is 0 Å². The number of hydrogen-bond donors (Lipinski definition) is 2. The van der Waals surface area contributed by atoms with Crippen molar-refractivity contribution in [2.24, 2.45) is 0 Å². The summed E-state index contributed by atoms with van der Waals surface area (Å²) in [5, 5.41) is 2.80. The minimum atomic E-state index is -3.50. The average Bonchev–Trinajstić information content (AvgIpc) is 2.94. The highest BCUT2D eigenvalue weighted by atomic mass is 32.2. The van der Waals surface area contributed by atoms with Crippen LogP contribution in [0.5, 0.6) is 0 Å². The van der Waals surface area contributed by atoms with E-state index in [1.54, 1.807) is 0 Å². The molecule has 22 heavy (non-hydrogen) atoms. The summed E-state index contributed by atoms with van der Waals surface area (Å²) in [4.78, 5) is 12.3. The zero-order valence-corrected chi connectivity index (χ0v) is 13.4. The lowest BCUT2D eigenvalue weighted by atomic mass is 10.2. The van der Waals surface area contributed by atoms with E-state index >= 15 is 0 Å². The third-order valence-electron chi connectivity index (χ3n) is 3.23. The number of hydrogen-bond acceptors (Lipinski definition) is 4. The molecule has 0 aliphatic carbocycles. The number of carbonyl (C=O) groups is 1. The van der Waals surface area contributed by atoms with Gasteiger partial charge in [-0.15, -0.1) is 0 Å². The molecule has 0 fully saturated rings. The molecule has 6 nitrogen and oxygen atoms in total. The third kappa shape index (κ3) is 3.55. The van der Waals surface area contributed by atoms with E-state index in [4.69, 9.17) is 4.42 Å². The molecule has 7 heteroatoms. The normalized spacial score (nSPS) is 12.9. The molecule has 0 aliphatic rings. The molecule has 0 radical (unpaired) electrons. The van der Waals surface area contributed by atoms with Crippen LogP contribution >= 0.6 is 0 Å². The number of rotatable bonds is 5. The van der Waals surface area contributed by atoms with Gasteiger partial charge in [0.15, 0.2) is 0 Å². The van der Waals surface area contributed by atoms with Gasteiger partial charge in [0.05, 0.1) is 10.9 Å². The van der Waals surface area contributed by atoms with Gasteiger partial charge in [-0.2, -0.15) is 0 Å². The summed E-state index contributed by atoms with van der Waals surface area (Å²) in [6.45, 7) is 3.65. The van der Waals surface area contributed by atoms with Gasteiger partial charge in [-0.3, -0.25) is 4.79 Å². The summed E-state index contributed by atoms with van der Waals surface area (Å²) >= 11 is 0. The van der Waals surface area contributed by atoms with Crippen molar-refractivity contribution < 1.29 is 17.6 Å². The van der Waals surface area contributed by atoms with E-state index in [9.17, 15) is 13.2 Å². The van der Waals surface area contributed by atoms with Crippen LogP contribution in [-0.4, -0.2) is 21.4 Å². The molecular weight excluding hydrogens is 304 g/mol. The molecule has 2 rings (SSSR count). The van der Waals surface area contributed by atoms with E-state index in [0.717, 1.165) is 5.76 Å². The SMILES string of the molecule is CNS(=O)(=O)c1ccc(C(=O)NC(C)c2ccc(C)o2)cc1. The summed E-state index contributed by atoms with van der Waals surface area (Å²) in [7, 11) is -2.16. The molecule has 1 aromatic heterocycles. The van der Waals surface area contributed by atoms with Gasteiger partial charge >= 0.3 is 0 Å². The molecular formula is C15H18N2O4S. The van der Waals surface area contributed by atoms with Gasteiger partial charge in [-0.05, 0) is 57.3 Å². The smallest absolute Gasteiger partial charge is 0.251 e. The van der Waals surface area contributed by atoms with Crippen LogP contribution in [0, 0.1) is 6.92 Å². The van der Waals surface area contributed by atoms with Crippen molar-refractivity contribution in [3.63, 3.8) is 0 Å². The second-order valence-electron chi connectivity index (χ2n) is 4.88. The minimum Gasteiger partial charge on any atom is -0.464 e. The van der Waals surface area contributed by atoms with Crippen molar-refractivity contribution in [3.8, 4) is 0 Å². The third-order valence-corrected chi connectivity index (χ3v) is 4.66. The first-order valence-electron chi connectivity index (χ1n) is 6.74. The fraction of sp³-hybridized carbons (Fsp3) is 0.267. The Hall–Kier alpha value is -2.12. The molecule has 0 bridgehead atoms. The number of carbonyl (C=O) groups excluding carboxylic acids is 1. The second kappa shape index (κ2) is 6.33. The maximum absolute atomic E-state index is 12.1. The summed E-state index contributed by atoms with van der Waals surface area (Å²) in [5.41, 5.74) is 0.380. The molecule has 1 heterocycles. The Morgan fingerprint density at radius 3 is 2.27 bits per heavy atom. The fourth-order valence-corrected chi connectivity index (χ4v) is 2.67. The molecule has 1 unspecified atom stereocenters. The Morgan fingerprint density at radius 1 is 1.14 bits per heavy atom. The van der Waals surface area contributed by atoms with E-state index in [2.05, 4.69) is 10.0 Å². The lowest BCUT2D eigenvalue weighted by Crippen LogP contribution is -2.26. The molecule has 0 aliphatic heterocycles. The van der Waals surface area contributed by atoms with Gasteiger partial charge in [-0.25, -0.2) is 13.1 Å². The van der Waals surface area contributed by atoms with Gasteiger partial charge in [-0.1, -0.05) is 0 Å². The molecule has 1 amide bonds. The highest BCUT2D eigenvalue weighted by Gasteiger charge is 2.16. The van der Waals surface area contributed by atoms with Crippen LogP contribution in [0.4, 0.5) is 0 Å². The Balaban J connectivity index is 2.10. The first kappa shape index (κ1) is 16.3. The maximum atomic E-state index is 12.1. The van der Waals surface area contributed by atoms with Crippen LogP contribution in [0.15, 0.2) is 45.7 Å². The Morgan fingerprint density at radius 2 is 1.77 bits per heavy atom. The zero-order chi connectivity index (χ0) is 16.3. The number of amides is 1. The number of benzene rings is 1. The first-order chi connectivity index (χ1) is 10.3. The lowest BCUT2D eigenvalue weighted by molar-refractivity contribution is 0.0935. The summed E-state index contributed by atoms with van der Waals surface area (Å²) < 4.78 is 30.9. The Labute approximate surface area is 129 Å². The molecule has 1 aromatic carbocycles. The predicted molar refractivity (Wildman–Crippen MR) is 82.0 cm³/mol. The minimum absolute atomic E-state index is 0.112. The Kier molecular flexibility index (Phi) is 4.68. The van der Waals surface area contributed by atoms with Gasteiger partial charge in [0.1, 0.15) is 11.5 Å². The van der Waals surface area contributed by atoms with Crippen molar-refractivity contribution in [2.75, 3.05) is 7.05 Å². The van der Waals surface area contributed by atoms with Crippen LogP contribution in [0.25, 0.3) is 0 Å². The number of nitrogens with one attached hydrogen (secondary N) is 2. The van der Waals surface area contributed by atoms with Gasteiger partial charge < -0.3 is 9.73 Å². The molecule has 0 spiro atoms. The van der Waals surface area contributed by atoms with Gasteiger partial charge in [0.25, 0.3) is 5.91 Å². The van der Waals surface area contributed by atoms with Crippen molar-refractivity contribution >= 4 is 15.9 Å². The average molecular weight is 322 g/mol. The predicted octanol–water partition coefficient (Wildman–Crippen LogP) is 1.99. The van der Waals surface area contributed by atoms with Crippen LogP contribution in [-0.2, 0) is 10.0 Å². The zero-order valence-electron chi connectivity index (χ0n) is 12.6. The first-order valence-corrected chi connectivity index (χ1v) is 8.22. The summed E-state index contributed by atoms with van der Waals surface area (Å²) in [6.07, 6.45) is 0. The van der Waals surface area contributed by atoms with E-state index in [1.165, 1.54) is 31.3 Å². The lowest BCUT2D eigenvalue weighted by Gasteiger charge is -2.12. The van der Waals surface area contributed by atoms with Crippen molar-refractivity contribution in [1.29, 1.82) is 0 Å². The summed E-state index contributed by atoms with van der Waals surface area (Å²) in [6, 6.07) is 9.09. The highest BCUT2D eigenvalue weighted by molar-refractivity contribution is 7.89. The van der Waals surface area contributed by atoms with E-state index in [1.807, 2.05) is 26.0 Å². The van der Waals surface area contributed by atoms with E-state index in [0.29, 0.717) is 11.3 Å². The molecule has 0 saturated heterocycles. The number of sulfonamides is 1. The van der Waals surface area contributed by atoms with Gasteiger partial charge in [0, 0.05) is 5.56 Å². The van der Waals surface area contributed by atoms with E-state index < -0.39 is 10.0 Å². The largest absolute Gasteiger partial charge is 0.464 e. The highest BCUT2D eigenvalue weighted by Crippen LogP contribution is 2.17. The Bertz CT molecular complexity index is 763. The van der Waals surface area contributed by atoms with Crippen molar-refractivity contribution in [2.45, 2.75) is 24.8 Å². The van der Waals surface area contributed by atoms with Crippen molar-refractivity contribution in [3.05, 3.63) is 53.5 Å².